The number of hydrogen-bond donors (Lipinski definition) is 1. The van der Waals surface area contributed by atoms with Gasteiger partial charge in [-0.15, -0.1) is 0 Å². The van der Waals surface area contributed by atoms with Gasteiger partial charge >= 0.3 is 6.18 Å². The van der Waals surface area contributed by atoms with Crippen LogP contribution < -0.4 is 10.2 Å². The molecule has 5 nitrogen and oxygen atoms in total. The largest absolute Gasteiger partial charge is 0.416 e. The Morgan fingerprint density at radius 3 is 2.44 bits per heavy atom. The highest BCUT2D eigenvalue weighted by atomic mass is 19.4. The first-order valence-corrected chi connectivity index (χ1v) is 11.0. The van der Waals surface area contributed by atoms with Crippen molar-refractivity contribution < 1.29 is 22.7 Å². The van der Waals surface area contributed by atoms with E-state index in [1.165, 1.54) is 12.1 Å². The number of anilines is 1. The minimum absolute atomic E-state index is 0.0543. The zero-order valence-corrected chi connectivity index (χ0v) is 17.9. The number of carbonyl (C=O) groups is 1. The lowest BCUT2D eigenvalue weighted by Crippen LogP contribution is -2.36. The van der Waals surface area contributed by atoms with Gasteiger partial charge < -0.3 is 19.9 Å². The minimum atomic E-state index is -4.40. The summed E-state index contributed by atoms with van der Waals surface area (Å²) in [5.41, 5.74) is 2.02. The molecule has 2 aliphatic heterocycles. The molecule has 32 heavy (non-hydrogen) atoms. The number of rotatable bonds is 7. The number of alkyl halides is 3. The van der Waals surface area contributed by atoms with E-state index in [1.807, 2.05) is 12.1 Å². The third kappa shape index (κ3) is 5.61. The van der Waals surface area contributed by atoms with Crippen LogP contribution >= 0.6 is 0 Å². The van der Waals surface area contributed by atoms with Gasteiger partial charge in [0, 0.05) is 44.8 Å². The van der Waals surface area contributed by atoms with Crippen LogP contribution in [0.4, 0.5) is 18.9 Å². The van der Waals surface area contributed by atoms with E-state index in [-0.39, 0.29) is 5.91 Å². The van der Waals surface area contributed by atoms with Gasteiger partial charge in [0.15, 0.2) is 0 Å². The summed E-state index contributed by atoms with van der Waals surface area (Å²) in [5, 5.41) is 3.38. The molecular formula is C24H28F3N3O2. The van der Waals surface area contributed by atoms with E-state index < -0.39 is 17.8 Å². The van der Waals surface area contributed by atoms with Crippen molar-refractivity contribution in [1.82, 2.24) is 10.2 Å². The Labute approximate surface area is 186 Å². The fraction of sp³-hybridized carbons (Fsp3) is 0.458. The molecule has 2 aliphatic rings. The van der Waals surface area contributed by atoms with E-state index in [0.717, 1.165) is 50.0 Å². The number of nitrogens with one attached hydrogen (secondary N) is 1. The second-order valence-corrected chi connectivity index (χ2v) is 8.27. The number of carbonyl (C=O) groups excluding carboxylic acids is 1. The summed E-state index contributed by atoms with van der Waals surface area (Å²) in [6, 6.07) is 13.2. The first-order valence-electron chi connectivity index (χ1n) is 11.0. The highest BCUT2D eigenvalue weighted by molar-refractivity contribution is 5.78. The molecule has 8 heteroatoms. The third-order valence-corrected chi connectivity index (χ3v) is 6.06. The molecule has 1 atom stereocenters. The Bertz CT molecular complexity index is 911. The van der Waals surface area contributed by atoms with E-state index in [2.05, 4.69) is 22.3 Å². The van der Waals surface area contributed by atoms with Gasteiger partial charge in [-0.2, -0.15) is 13.2 Å². The van der Waals surface area contributed by atoms with Gasteiger partial charge in [-0.05, 0) is 41.8 Å². The van der Waals surface area contributed by atoms with Crippen LogP contribution in [0.15, 0.2) is 48.5 Å². The zero-order valence-electron chi connectivity index (χ0n) is 17.9. The van der Waals surface area contributed by atoms with Crippen molar-refractivity contribution in [2.45, 2.75) is 31.6 Å². The zero-order chi connectivity index (χ0) is 22.6. The lowest BCUT2D eigenvalue weighted by Gasteiger charge is -2.29. The Balaban J connectivity index is 1.47. The van der Waals surface area contributed by atoms with E-state index in [4.69, 9.17) is 4.74 Å². The van der Waals surface area contributed by atoms with Gasteiger partial charge in [-0.1, -0.05) is 24.3 Å². The fourth-order valence-electron chi connectivity index (χ4n) is 4.22. The van der Waals surface area contributed by atoms with Crippen molar-refractivity contribution in [2.24, 2.45) is 0 Å². The van der Waals surface area contributed by atoms with Gasteiger partial charge in [-0.3, -0.25) is 4.79 Å². The molecule has 0 spiro atoms. The quantitative estimate of drug-likeness (QED) is 0.697. The molecule has 1 N–H and O–H groups in total. The average Bonchev–Trinajstić information content (AvgIpc) is 3.21. The lowest BCUT2D eigenvalue weighted by molar-refractivity contribution is -0.137. The molecule has 2 heterocycles. The fourth-order valence-corrected chi connectivity index (χ4v) is 4.22. The molecule has 0 aromatic heterocycles. The van der Waals surface area contributed by atoms with Crippen LogP contribution in [-0.2, 0) is 22.3 Å². The predicted octanol–water partition coefficient (Wildman–Crippen LogP) is 4.00. The highest BCUT2D eigenvalue weighted by Crippen LogP contribution is 2.31. The predicted molar refractivity (Wildman–Crippen MR) is 116 cm³/mol. The van der Waals surface area contributed by atoms with Crippen molar-refractivity contribution in [1.29, 1.82) is 0 Å². The van der Waals surface area contributed by atoms with Crippen molar-refractivity contribution in [3.8, 4) is 0 Å². The van der Waals surface area contributed by atoms with E-state index in [9.17, 15) is 18.0 Å². The van der Waals surface area contributed by atoms with Gasteiger partial charge in [0.05, 0.1) is 24.8 Å². The molecule has 2 aromatic rings. The molecule has 172 valence electrons. The number of amides is 1. The van der Waals surface area contributed by atoms with Crippen LogP contribution in [-0.4, -0.2) is 50.2 Å². The maximum absolute atomic E-state index is 13.2. The summed E-state index contributed by atoms with van der Waals surface area (Å²) in [6.07, 6.45) is -3.12. The number of nitrogens with zero attached hydrogens (tertiary/aromatic N) is 2. The van der Waals surface area contributed by atoms with Crippen LogP contribution in [0.1, 0.15) is 35.6 Å². The molecule has 2 aromatic carbocycles. The Morgan fingerprint density at radius 1 is 1.03 bits per heavy atom. The van der Waals surface area contributed by atoms with Gasteiger partial charge in [0.25, 0.3) is 0 Å². The Morgan fingerprint density at radius 2 is 1.78 bits per heavy atom. The number of ether oxygens (including phenoxy) is 1. The standard InChI is InChI=1S/C24H28F3N3O2/c25-24(26,27)20-4-1-3-19(15-20)22(17-30-10-2-5-23(30)31)28-16-18-6-8-21(9-7-18)29-11-13-32-14-12-29/h1,3-4,6-9,15,22,28H,2,5,10-14,16-17H2/t22-/m1/s1. The second-order valence-electron chi connectivity index (χ2n) is 8.27. The maximum atomic E-state index is 13.2. The number of morpholine rings is 1. The van der Waals surface area contributed by atoms with Crippen LogP contribution in [0.25, 0.3) is 0 Å². The summed E-state index contributed by atoms with van der Waals surface area (Å²) in [7, 11) is 0. The SMILES string of the molecule is O=C1CCCN1C[C@@H](NCc1ccc(N2CCOCC2)cc1)c1cccc(C(F)(F)F)c1. The van der Waals surface area contributed by atoms with Crippen LogP contribution in [0, 0.1) is 0 Å². The summed E-state index contributed by atoms with van der Waals surface area (Å²) in [4.78, 5) is 16.1. The van der Waals surface area contributed by atoms with Crippen molar-refractivity contribution >= 4 is 11.6 Å². The first kappa shape index (κ1) is 22.6. The molecule has 2 saturated heterocycles. The van der Waals surface area contributed by atoms with Crippen molar-refractivity contribution in [3.63, 3.8) is 0 Å². The lowest BCUT2D eigenvalue weighted by atomic mass is 10.0. The number of benzene rings is 2. The molecule has 0 aliphatic carbocycles. The Hall–Kier alpha value is -2.58. The molecule has 0 saturated carbocycles. The van der Waals surface area contributed by atoms with Gasteiger partial charge in [-0.25, -0.2) is 0 Å². The third-order valence-electron chi connectivity index (χ3n) is 6.06. The van der Waals surface area contributed by atoms with E-state index in [1.54, 1.807) is 11.0 Å². The second kappa shape index (κ2) is 9.92. The van der Waals surface area contributed by atoms with E-state index >= 15 is 0 Å². The molecule has 0 unspecified atom stereocenters. The van der Waals surface area contributed by atoms with Crippen LogP contribution in [0.2, 0.25) is 0 Å². The number of hydrogen-bond acceptors (Lipinski definition) is 4. The summed E-state index contributed by atoms with van der Waals surface area (Å²) < 4.78 is 45.1. The van der Waals surface area contributed by atoms with Crippen molar-refractivity contribution in [2.75, 3.05) is 44.3 Å². The summed E-state index contributed by atoms with van der Waals surface area (Å²) >= 11 is 0. The smallest absolute Gasteiger partial charge is 0.378 e. The van der Waals surface area contributed by atoms with Crippen molar-refractivity contribution in [3.05, 3.63) is 65.2 Å². The topological polar surface area (TPSA) is 44.8 Å². The van der Waals surface area contributed by atoms with Crippen LogP contribution in [0.5, 0.6) is 0 Å². The normalized spacial score (nSPS) is 18.3. The monoisotopic (exact) mass is 447 g/mol. The number of likely N-dealkylation sites (tertiary alicyclic amines) is 1. The highest BCUT2D eigenvalue weighted by Gasteiger charge is 2.31. The Kier molecular flexibility index (Phi) is 7.01. The summed E-state index contributed by atoms with van der Waals surface area (Å²) in [5.74, 6) is 0.0543. The van der Waals surface area contributed by atoms with Crippen LogP contribution in [0.3, 0.4) is 0 Å². The van der Waals surface area contributed by atoms with E-state index in [0.29, 0.717) is 31.6 Å². The number of halogens is 3. The molecule has 0 bridgehead atoms. The minimum Gasteiger partial charge on any atom is -0.378 e. The molecule has 0 radical (unpaired) electrons. The van der Waals surface area contributed by atoms with Gasteiger partial charge in [0.1, 0.15) is 0 Å². The first-order chi connectivity index (χ1) is 15.4. The van der Waals surface area contributed by atoms with Gasteiger partial charge in [0.2, 0.25) is 5.91 Å². The average molecular weight is 448 g/mol. The molecule has 2 fully saturated rings. The molecule has 4 rings (SSSR count). The molecular weight excluding hydrogens is 419 g/mol. The summed E-state index contributed by atoms with van der Waals surface area (Å²) in [6.45, 7) is 4.65. The molecule has 1 amide bonds. The maximum Gasteiger partial charge on any atom is 0.416 e.